The van der Waals surface area contributed by atoms with Crippen LogP contribution in [0.4, 0.5) is 0 Å². The summed E-state index contributed by atoms with van der Waals surface area (Å²) < 4.78 is 18.0. The van der Waals surface area contributed by atoms with Crippen LogP contribution in [-0.2, 0) is 16.0 Å². The Labute approximate surface area is 193 Å². The van der Waals surface area contributed by atoms with E-state index in [1.54, 1.807) is 7.11 Å². The standard InChI is InChI=1S/C27H41NO4/c1-17(2)10-21-15-28-9-8-20-12-26(31-16-19-6-7-19)25(30-5)13-22(20)23(28)14-24(21)32-27(29)11-18(3)4/h12-13,17-19,21,23-24H,6-11,14-16H2,1-5H3. The molecule has 0 radical (unpaired) electrons. The summed E-state index contributed by atoms with van der Waals surface area (Å²) >= 11 is 0. The molecular weight excluding hydrogens is 402 g/mol. The summed E-state index contributed by atoms with van der Waals surface area (Å²) in [7, 11) is 1.72. The van der Waals surface area contributed by atoms with Crippen LogP contribution < -0.4 is 9.47 Å². The van der Waals surface area contributed by atoms with Crippen LogP contribution in [0.3, 0.4) is 0 Å². The molecule has 2 heterocycles. The molecule has 1 saturated heterocycles. The Kier molecular flexibility index (Phi) is 7.34. The molecule has 0 amide bonds. The van der Waals surface area contributed by atoms with Crippen molar-refractivity contribution < 1.29 is 19.0 Å². The number of fused-ring (bicyclic) bond motifs is 3. The molecule has 5 heteroatoms. The number of benzene rings is 1. The third kappa shape index (κ3) is 5.59. The minimum atomic E-state index is -0.0513. The fourth-order valence-electron chi connectivity index (χ4n) is 5.38. The zero-order valence-corrected chi connectivity index (χ0v) is 20.6. The molecule has 0 N–H and O–H groups in total. The predicted molar refractivity (Wildman–Crippen MR) is 126 cm³/mol. The lowest BCUT2D eigenvalue weighted by atomic mass is 9.79. The van der Waals surface area contributed by atoms with Gasteiger partial charge in [0.15, 0.2) is 11.5 Å². The summed E-state index contributed by atoms with van der Waals surface area (Å²) in [6.45, 7) is 11.5. The van der Waals surface area contributed by atoms with Crippen molar-refractivity contribution in [2.75, 3.05) is 26.8 Å². The number of piperidine rings is 1. The number of hydrogen-bond donors (Lipinski definition) is 0. The van der Waals surface area contributed by atoms with E-state index >= 15 is 0 Å². The van der Waals surface area contributed by atoms with Gasteiger partial charge in [-0.15, -0.1) is 0 Å². The monoisotopic (exact) mass is 443 g/mol. The first-order valence-electron chi connectivity index (χ1n) is 12.6. The van der Waals surface area contributed by atoms with E-state index in [0.29, 0.717) is 30.1 Å². The molecule has 1 saturated carbocycles. The highest BCUT2D eigenvalue weighted by Crippen LogP contribution is 2.45. The van der Waals surface area contributed by atoms with Gasteiger partial charge in [0.1, 0.15) is 6.10 Å². The van der Waals surface area contributed by atoms with Gasteiger partial charge in [0.25, 0.3) is 0 Å². The van der Waals surface area contributed by atoms with E-state index in [4.69, 9.17) is 14.2 Å². The minimum Gasteiger partial charge on any atom is -0.493 e. The van der Waals surface area contributed by atoms with Crippen LogP contribution in [0.5, 0.6) is 11.5 Å². The van der Waals surface area contributed by atoms with E-state index < -0.39 is 0 Å². The third-order valence-electron chi connectivity index (χ3n) is 7.15. The van der Waals surface area contributed by atoms with Gasteiger partial charge in [-0.25, -0.2) is 0 Å². The Morgan fingerprint density at radius 2 is 1.91 bits per heavy atom. The first-order valence-corrected chi connectivity index (χ1v) is 12.6. The Balaban J connectivity index is 1.55. The molecule has 1 aromatic rings. The smallest absolute Gasteiger partial charge is 0.306 e. The van der Waals surface area contributed by atoms with Crippen LogP contribution in [-0.4, -0.2) is 43.8 Å². The largest absolute Gasteiger partial charge is 0.493 e. The van der Waals surface area contributed by atoms with Gasteiger partial charge >= 0.3 is 5.97 Å². The molecule has 2 aliphatic heterocycles. The maximum absolute atomic E-state index is 12.6. The summed E-state index contributed by atoms with van der Waals surface area (Å²) in [6, 6.07) is 4.66. The fraction of sp³-hybridized carbons (Fsp3) is 0.741. The highest BCUT2D eigenvalue weighted by atomic mass is 16.5. The van der Waals surface area contributed by atoms with Crippen LogP contribution in [0.25, 0.3) is 0 Å². The molecule has 1 aromatic carbocycles. The van der Waals surface area contributed by atoms with Crippen LogP contribution in [0, 0.1) is 23.7 Å². The predicted octanol–water partition coefficient (Wildman–Crippen LogP) is 5.41. The van der Waals surface area contributed by atoms with Gasteiger partial charge in [-0.1, -0.05) is 27.7 Å². The quantitative estimate of drug-likeness (QED) is 0.478. The summed E-state index contributed by atoms with van der Waals surface area (Å²) in [5.74, 6) is 3.66. The first-order chi connectivity index (χ1) is 15.3. The average Bonchev–Trinajstić information content (AvgIpc) is 3.55. The van der Waals surface area contributed by atoms with Crippen LogP contribution in [0.1, 0.15) is 77.0 Å². The van der Waals surface area contributed by atoms with Crippen molar-refractivity contribution in [3.05, 3.63) is 23.3 Å². The van der Waals surface area contributed by atoms with E-state index in [0.717, 1.165) is 50.5 Å². The van der Waals surface area contributed by atoms with E-state index in [1.165, 1.54) is 24.0 Å². The van der Waals surface area contributed by atoms with E-state index in [9.17, 15) is 4.79 Å². The van der Waals surface area contributed by atoms with Crippen molar-refractivity contribution in [1.82, 2.24) is 4.90 Å². The average molecular weight is 444 g/mol. The molecule has 0 aromatic heterocycles. The van der Waals surface area contributed by atoms with Crippen molar-refractivity contribution in [2.24, 2.45) is 23.7 Å². The lowest BCUT2D eigenvalue weighted by molar-refractivity contribution is -0.158. The highest BCUT2D eigenvalue weighted by Gasteiger charge is 2.41. The van der Waals surface area contributed by atoms with Crippen LogP contribution in [0.15, 0.2) is 12.1 Å². The number of hydrogen-bond acceptors (Lipinski definition) is 5. The number of carbonyl (C=O) groups excluding carboxylic acids is 1. The number of carbonyl (C=O) groups is 1. The maximum atomic E-state index is 12.6. The minimum absolute atomic E-state index is 0.0207. The highest BCUT2D eigenvalue weighted by molar-refractivity contribution is 5.69. The van der Waals surface area contributed by atoms with E-state index in [2.05, 4.69) is 44.7 Å². The van der Waals surface area contributed by atoms with Crippen LogP contribution >= 0.6 is 0 Å². The molecular formula is C27H41NO4. The topological polar surface area (TPSA) is 48.0 Å². The van der Waals surface area contributed by atoms with Gasteiger partial charge in [0.05, 0.1) is 13.7 Å². The van der Waals surface area contributed by atoms with Crippen molar-refractivity contribution in [3.8, 4) is 11.5 Å². The Morgan fingerprint density at radius 1 is 1.12 bits per heavy atom. The number of ether oxygens (including phenoxy) is 3. The van der Waals surface area contributed by atoms with Crippen molar-refractivity contribution in [1.29, 1.82) is 0 Å². The second-order valence-electron chi connectivity index (χ2n) is 11.0. The van der Waals surface area contributed by atoms with Gasteiger partial charge in [-0.05, 0) is 66.7 Å². The van der Waals surface area contributed by atoms with Crippen molar-refractivity contribution >= 4 is 5.97 Å². The van der Waals surface area contributed by atoms with Crippen molar-refractivity contribution in [2.45, 2.75) is 78.4 Å². The molecule has 0 spiro atoms. The normalized spacial score (nSPS) is 25.4. The summed E-state index contributed by atoms with van der Waals surface area (Å²) in [5.41, 5.74) is 2.67. The molecule has 3 atom stereocenters. The number of esters is 1. The molecule has 0 bridgehead atoms. The van der Waals surface area contributed by atoms with E-state index in [-0.39, 0.29) is 18.1 Å². The second kappa shape index (κ2) is 10.0. The third-order valence-corrected chi connectivity index (χ3v) is 7.15. The molecule has 3 aliphatic rings. The summed E-state index contributed by atoms with van der Waals surface area (Å²) in [6.07, 6.45) is 6.00. The molecule has 4 rings (SSSR count). The SMILES string of the molecule is COc1cc2c(cc1OCC1CC1)CCN1CC(CC(C)C)C(OC(=O)CC(C)C)CC21. The molecule has 3 unspecified atom stereocenters. The number of rotatable bonds is 9. The second-order valence-corrected chi connectivity index (χ2v) is 11.0. The number of nitrogens with zero attached hydrogens (tertiary/aromatic N) is 1. The Hall–Kier alpha value is -1.75. The van der Waals surface area contributed by atoms with Gasteiger partial charge in [0, 0.05) is 37.9 Å². The lowest BCUT2D eigenvalue weighted by Gasteiger charge is -2.47. The first kappa shape index (κ1) is 23.4. The van der Waals surface area contributed by atoms with Crippen molar-refractivity contribution in [3.63, 3.8) is 0 Å². The van der Waals surface area contributed by atoms with E-state index in [1.807, 2.05) is 0 Å². The summed E-state index contributed by atoms with van der Waals surface area (Å²) in [4.78, 5) is 15.2. The zero-order chi connectivity index (χ0) is 22.8. The molecule has 32 heavy (non-hydrogen) atoms. The Bertz CT molecular complexity index is 801. The zero-order valence-electron chi connectivity index (χ0n) is 20.6. The van der Waals surface area contributed by atoms with Gasteiger partial charge in [-0.2, -0.15) is 0 Å². The Morgan fingerprint density at radius 3 is 2.56 bits per heavy atom. The molecule has 2 fully saturated rings. The fourth-order valence-corrected chi connectivity index (χ4v) is 5.38. The molecule has 1 aliphatic carbocycles. The molecule has 178 valence electrons. The lowest BCUT2D eigenvalue weighted by Crippen LogP contribution is -2.49. The molecule has 5 nitrogen and oxygen atoms in total. The number of methoxy groups -OCH3 is 1. The van der Waals surface area contributed by atoms with Crippen LogP contribution in [0.2, 0.25) is 0 Å². The van der Waals surface area contributed by atoms with Gasteiger partial charge in [-0.3, -0.25) is 9.69 Å². The van der Waals surface area contributed by atoms with Gasteiger partial charge in [0.2, 0.25) is 0 Å². The van der Waals surface area contributed by atoms with Gasteiger partial charge < -0.3 is 14.2 Å². The summed E-state index contributed by atoms with van der Waals surface area (Å²) in [5, 5.41) is 0. The maximum Gasteiger partial charge on any atom is 0.306 e.